The van der Waals surface area contributed by atoms with E-state index >= 15 is 0 Å². The van der Waals surface area contributed by atoms with Crippen LogP contribution in [0.15, 0.2) is 77.7 Å². The van der Waals surface area contributed by atoms with Crippen molar-refractivity contribution in [2.45, 2.75) is 4.90 Å². The zero-order valence-electron chi connectivity index (χ0n) is 20.2. The van der Waals surface area contributed by atoms with Crippen molar-refractivity contribution in [2.24, 2.45) is 0 Å². The molecule has 0 unspecified atom stereocenters. The summed E-state index contributed by atoms with van der Waals surface area (Å²) in [4.78, 5) is 15.2. The van der Waals surface area contributed by atoms with Gasteiger partial charge < -0.3 is 24.4 Å². The molecule has 190 valence electrons. The van der Waals surface area contributed by atoms with Crippen molar-refractivity contribution in [3.8, 4) is 11.5 Å². The van der Waals surface area contributed by atoms with Crippen LogP contribution >= 0.6 is 0 Å². The molecule has 1 saturated heterocycles. The van der Waals surface area contributed by atoms with E-state index in [4.69, 9.17) is 14.2 Å². The Bertz CT molecular complexity index is 1280. The first kappa shape index (κ1) is 25.3. The summed E-state index contributed by atoms with van der Waals surface area (Å²) >= 11 is 0. The fourth-order valence-electron chi connectivity index (χ4n) is 3.92. The number of ether oxygens (including phenoxy) is 3. The van der Waals surface area contributed by atoms with Gasteiger partial charge in [0.05, 0.1) is 38.0 Å². The summed E-state index contributed by atoms with van der Waals surface area (Å²) in [6, 6.07) is 20.3. The Morgan fingerprint density at radius 3 is 2.25 bits per heavy atom. The third-order valence-electron chi connectivity index (χ3n) is 5.80. The topological polar surface area (TPSA) is 97.4 Å². The first-order valence-electron chi connectivity index (χ1n) is 11.4. The summed E-state index contributed by atoms with van der Waals surface area (Å²) in [6.07, 6.45) is 0. The lowest BCUT2D eigenvalue weighted by Crippen LogP contribution is -2.38. The highest BCUT2D eigenvalue weighted by Crippen LogP contribution is 2.32. The van der Waals surface area contributed by atoms with Crippen LogP contribution in [0.5, 0.6) is 11.5 Å². The number of hydrogen-bond acceptors (Lipinski definition) is 7. The van der Waals surface area contributed by atoms with E-state index in [2.05, 4.69) is 10.2 Å². The number of sulfonamides is 1. The van der Waals surface area contributed by atoms with Crippen LogP contribution in [0.25, 0.3) is 0 Å². The molecule has 0 spiro atoms. The summed E-state index contributed by atoms with van der Waals surface area (Å²) in [6.45, 7) is 2.58. The van der Waals surface area contributed by atoms with Gasteiger partial charge >= 0.3 is 0 Å². The Morgan fingerprint density at radius 2 is 1.61 bits per heavy atom. The predicted molar refractivity (Wildman–Crippen MR) is 139 cm³/mol. The van der Waals surface area contributed by atoms with Crippen LogP contribution in [0, 0.1) is 0 Å². The number of benzene rings is 3. The van der Waals surface area contributed by atoms with Gasteiger partial charge in [0.25, 0.3) is 10.0 Å². The number of nitrogens with one attached hydrogen (secondary N) is 1. The number of hydrogen-bond donors (Lipinski definition) is 1. The Morgan fingerprint density at radius 1 is 0.944 bits per heavy atom. The van der Waals surface area contributed by atoms with E-state index in [-0.39, 0.29) is 10.6 Å². The van der Waals surface area contributed by atoms with E-state index in [1.165, 1.54) is 32.4 Å². The zero-order valence-corrected chi connectivity index (χ0v) is 21.0. The van der Waals surface area contributed by atoms with Gasteiger partial charge in [-0.1, -0.05) is 18.2 Å². The SMILES string of the molecule is COc1ccc(S(=O)(=O)N(CC(=O)Nc2ccc(N3CCOCC3)cc2)c2ccccc2)cc1OC. The second kappa shape index (κ2) is 11.3. The summed E-state index contributed by atoms with van der Waals surface area (Å²) < 4.78 is 44.2. The average molecular weight is 512 g/mol. The highest BCUT2D eigenvalue weighted by molar-refractivity contribution is 7.92. The van der Waals surface area contributed by atoms with Gasteiger partial charge in [0.2, 0.25) is 5.91 Å². The highest BCUT2D eigenvalue weighted by atomic mass is 32.2. The molecule has 1 fully saturated rings. The Balaban J connectivity index is 1.55. The molecule has 0 saturated carbocycles. The minimum absolute atomic E-state index is 0.0216. The van der Waals surface area contributed by atoms with Crippen LogP contribution in [-0.2, 0) is 19.6 Å². The molecule has 3 aromatic rings. The van der Waals surface area contributed by atoms with Crippen molar-refractivity contribution in [3.05, 3.63) is 72.8 Å². The van der Waals surface area contributed by atoms with Crippen molar-refractivity contribution < 1.29 is 27.4 Å². The van der Waals surface area contributed by atoms with Gasteiger partial charge in [-0.3, -0.25) is 9.10 Å². The fraction of sp³-hybridized carbons (Fsp3) is 0.269. The van der Waals surface area contributed by atoms with E-state index in [0.29, 0.717) is 30.3 Å². The molecule has 0 radical (unpaired) electrons. The number of para-hydroxylation sites is 1. The van der Waals surface area contributed by atoms with Crippen molar-refractivity contribution in [1.29, 1.82) is 0 Å². The third kappa shape index (κ3) is 5.72. The lowest BCUT2D eigenvalue weighted by Gasteiger charge is -2.29. The van der Waals surface area contributed by atoms with Gasteiger partial charge in [-0.25, -0.2) is 8.42 Å². The third-order valence-corrected chi connectivity index (χ3v) is 7.57. The van der Waals surface area contributed by atoms with E-state index in [1.54, 1.807) is 42.5 Å². The van der Waals surface area contributed by atoms with Crippen LogP contribution < -0.4 is 24.0 Å². The standard InChI is InChI=1S/C26H29N3O6S/c1-33-24-13-12-23(18-25(24)34-2)36(31,32)29(22-6-4-3-5-7-22)19-26(30)27-20-8-10-21(11-9-20)28-14-16-35-17-15-28/h3-13,18H,14-17,19H2,1-2H3,(H,27,30). The maximum Gasteiger partial charge on any atom is 0.264 e. The number of nitrogens with zero attached hydrogens (tertiary/aromatic N) is 2. The van der Waals surface area contributed by atoms with Crippen molar-refractivity contribution >= 4 is 33.0 Å². The molecule has 36 heavy (non-hydrogen) atoms. The lowest BCUT2D eigenvalue weighted by atomic mass is 10.2. The monoisotopic (exact) mass is 511 g/mol. The minimum Gasteiger partial charge on any atom is -0.493 e. The molecule has 1 N–H and O–H groups in total. The second-order valence-electron chi connectivity index (χ2n) is 8.06. The zero-order chi connectivity index (χ0) is 25.5. The lowest BCUT2D eigenvalue weighted by molar-refractivity contribution is -0.114. The quantitative estimate of drug-likeness (QED) is 0.470. The van der Waals surface area contributed by atoms with Gasteiger partial charge in [0.1, 0.15) is 6.54 Å². The Labute approximate surface area is 211 Å². The van der Waals surface area contributed by atoms with Crippen LogP contribution in [0.3, 0.4) is 0 Å². The number of carbonyl (C=O) groups is 1. The Kier molecular flexibility index (Phi) is 7.97. The van der Waals surface area contributed by atoms with Gasteiger partial charge in [-0.2, -0.15) is 0 Å². The van der Waals surface area contributed by atoms with Gasteiger partial charge in [-0.05, 0) is 48.5 Å². The molecule has 3 aromatic carbocycles. The van der Waals surface area contributed by atoms with Crippen LogP contribution in [-0.4, -0.2) is 61.4 Å². The number of rotatable bonds is 9. The molecule has 1 amide bonds. The minimum atomic E-state index is -4.10. The smallest absolute Gasteiger partial charge is 0.264 e. The van der Waals surface area contributed by atoms with Crippen molar-refractivity contribution in [2.75, 3.05) is 61.6 Å². The first-order valence-corrected chi connectivity index (χ1v) is 12.9. The maximum atomic E-state index is 13.6. The molecular formula is C26H29N3O6S. The van der Waals surface area contributed by atoms with E-state index in [1.807, 2.05) is 12.1 Å². The molecule has 9 nitrogen and oxygen atoms in total. The molecule has 0 aromatic heterocycles. The number of methoxy groups -OCH3 is 2. The predicted octanol–water partition coefficient (Wildman–Crippen LogP) is 3.37. The van der Waals surface area contributed by atoms with Crippen LogP contribution in [0.4, 0.5) is 17.1 Å². The maximum absolute atomic E-state index is 13.6. The summed E-state index contributed by atoms with van der Waals surface area (Å²) in [7, 11) is -1.20. The molecule has 4 rings (SSSR count). The average Bonchev–Trinajstić information content (AvgIpc) is 2.92. The van der Waals surface area contributed by atoms with Gasteiger partial charge in [-0.15, -0.1) is 0 Å². The summed E-state index contributed by atoms with van der Waals surface area (Å²) in [5, 5.41) is 2.80. The number of carbonyl (C=O) groups excluding carboxylic acids is 1. The van der Waals surface area contributed by atoms with Crippen LogP contribution in [0.1, 0.15) is 0 Å². The van der Waals surface area contributed by atoms with E-state index in [0.717, 1.165) is 23.1 Å². The molecule has 0 bridgehead atoms. The second-order valence-corrected chi connectivity index (χ2v) is 9.92. The van der Waals surface area contributed by atoms with E-state index < -0.39 is 22.5 Å². The molecule has 1 aliphatic rings. The van der Waals surface area contributed by atoms with Crippen molar-refractivity contribution in [1.82, 2.24) is 0 Å². The normalized spacial score (nSPS) is 13.7. The van der Waals surface area contributed by atoms with Crippen LogP contribution in [0.2, 0.25) is 0 Å². The molecule has 1 aliphatic heterocycles. The molecular weight excluding hydrogens is 482 g/mol. The summed E-state index contributed by atoms with van der Waals surface area (Å²) in [5.74, 6) is 0.208. The highest BCUT2D eigenvalue weighted by Gasteiger charge is 2.28. The van der Waals surface area contributed by atoms with Crippen molar-refractivity contribution in [3.63, 3.8) is 0 Å². The Hall–Kier alpha value is -3.76. The molecule has 0 atom stereocenters. The van der Waals surface area contributed by atoms with Gasteiger partial charge in [0, 0.05) is 30.5 Å². The molecule has 10 heteroatoms. The number of morpholine rings is 1. The first-order chi connectivity index (χ1) is 17.4. The van der Waals surface area contributed by atoms with Gasteiger partial charge in [0.15, 0.2) is 11.5 Å². The molecule has 0 aliphatic carbocycles. The fourth-order valence-corrected chi connectivity index (χ4v) is 5.36. The molecule has 1 heterocycles. The largest absolute Gasteiger partial charge is 0.493 e. The van der Waals surface area contributed by atoms with E-state index in [9.17, 15) is 13.2 Å². The number of amides is 1. The number of anilines is 3. The summed E-state index contributed by atoms with van der Waals surface area (Å²) in [5.41, 5.74) is 1.98.